The van der Waals surface area contributed by atoms with Gasteiger partial charge in [-0.05, 0) is 18.2 Å². The average molecular weight is 354 g/mol. The molecule has 0 aliphatic carbocycles. The van der Waals surface area contributed by atoms with Crippen molar-refractivity contribution >= 4 is 43.6 Å². The van der Waals surface area contributed by atoms with Gasteiger partial charge in [0.1, 0.15) is 5.33 Å². The number of hydrogen-bond donors (Lipinski definition) is 0. The van der Waals surface area contributed by atoms with Crippen LogP contribution in [-0.2, 0) is 4.79 Å². The van der Waals surface area contributed by atoms with Gasteiger partial charge < -0.3 is 4.74 Å². The zero-order chi connectivity index (χ0) is 12.1. The van der Waals surface area contributed by atoms with E-state index in [4.69, 9.17) is 0 Å². The Morgan fingerprint density at radius 3 is 2.44 bits per heavy atom. The smallest absolute Gasteiger partial charge is 0.322 e. The van der Waals surface area contributed by atoms with E-state index in [1.165, 1.54) is 12.1 Å². The summed E-state index contributed by atoms with van der Waals surface area (Å²) in [6.45, 7) is 0. The second-order valence-corrected chi connectivity index (χ2v) is 3.93. The number of ether oxygens (including phenoxy) is 1. The maximum Gasteiger partial charge on any atom is 0.322 e. The van der Waals surface area contributed by atoms with E-state index in [0.29, 0.717) is 0 Å². The van der Waals surface area contributed by atoms with Crippen LogP contribution in [0.1, 0.15) is 10.4 Å². The van der Waals surface area contributed by atoms with Crippen LogP contribution in [0.25, 0.3) is 0 Å². The summed E-state index contributed by atoms with van der Waals surface area (Å²) in [7, 11) is 0. The summed E-state index contributed by atoms with van der Waals surface area (Å²) in [5, 5.41) is 0.0987. The fourth-order valence-corrected chi connectivity index (χ4v) is 1.42. The first-order valence-electron chi connectivity index (χ1n) is 4.24. The molecule has 0 aliphatic rings. The van der Waals surface area contributed by atoms with E-state index in [-0.39, 0.29) is 27.8 Å². The molecule has 0 saturated carbocycles. The number of ketones is 1. The van der Waals surface area contributed by atoms with E-state index >= 15 is 0 Å². The Morgan fingerprint density at radius 2 is 1.94 bits per heavy atom. The topological polar surface area (TPSA) is 43.4 Å². The average Bonchev–Trinajstić information content (AvgIpc) is 2.30. The van der Waals surface area contributed by atoms with Crippen LogP contribution in [0.4, 0.5) is 4.39 Å². The van der Waals surface area contributed by atoms with Crippen molar-refractivity contribution in [2.24, 2.45) is 0 Å². The summed E-state index contributed by atoms with van der Waals surface area (Å²) >= 11 is 5.87. The Kier molecular flexibility index (Phi) is 5.08. The second-order valence-electron chi connectivity index (χ2n) is 2.81. The fourth-order valence-electron chi connectivity index (χ4n) is 0.984. The van der Waals surface area contributed by atoms with Crippen LogP contribution in [0.3, 0.4) is 0 Å². The molecule has 0 atom stereocenters. The predicted octanol–water partition coefficient (Wildman–Crippen LogP) is 2.70. The van der Waals surface area contributed by atoms with Crippen molar-refractivity contribution in [2.45, 2.75) is 0 Å². The van der Waals surface area contributed by atoms with Crippen LogP contribution in [-0.4, -0.2) is 22.4 Å². The molecule has 0 amide bonds. The molecule has 0 fully saturated rings. The number of benzene rings is 1. The molecule has 0 aliphatic heterocycles. The molecule has 0 saturated heterocycles. The maximum absolute atomic E-state index is 13.4. The molecule has 0 heterocycles. The van der Waals surface area contributed by atoms with Gasteiger partial charge in [0.2, 0.25) is 0 Å². The Bertz CT molecular complexity index is 421. The Hall–Kier alpha value is -0.750. The molecular weight excluding hydrogens is 347 g/mol. The number of rotatable bonds is 4. The van der Waals surface area contributed by atoms with Crippen molar-refractivity contribution in [1.29, 1.82) is 0 Å². The van der Waals surface area contributed by atoms with Gasteiger partial charge >= 0.3 is 5.97 Å². The van der Waals surface area contributed by atoms with Crippen LogP contribution in [0.5, 0.6) is 5.75 Å². The molecule has 0 aromatic heterocycles. The predicted molar refractivity (Wildman–Crippen MR) is 64.0 cm³/mol. The van der Waals surface area contributed by atoms with Gasteiger partial charge in [0.05, 0.1) is 5.33 Å². The number of halogens is 3. The molecule has 0 unspecified atom stereocenters. The van der Waals surface area contributed by atoms with Crippen molar-refractivity contribution in [3.8, 4) is 5.75 Å². The van der Waals surface area contributed by atoms with Crippen molar-refractivity contribution in [1.82, 2.24) is 0 Å². The minimum absolute atomic E-state index is 0.0193. The molecular formula is C10H7Br2FO3. The molecule has 1 aromatic carbocycles. The summed E-state index contributed by atoms with van der Waals surface area (Å²) in [4.78, 5) is 22.1. The van der Waals surface area contributed by atoms with Crippen molar-refractivity contribution in [3.05, 3.63) is 29.6 Å². The molecule has 1 aromatic rings. The Balaban J connectivity index is 2.91. The first-order chi connectivity index (χ1) is 7.58. The van der Waals surface area contributed by atoms with Gasteiger partial charge in [0.25, 0.3) is 0 Å². The number of Topliss-reactive ketones (excluding diaryl/α,β-unsaturated/α-hetero) is 1. The molecule has 16 heavy (non-hydrogen) atoms. The molecule has 6 heteroatoms. The first kappa shape index (κ1) is 13.3. The van der Waals surface area contributed by atoms with E-state index in [9.17, 15) is 14.0 Å². The van der Waals surface area contributed by atoms with Gasteiger partial charge in [-0.15, -0.1) is 0 Å². The van der Waals surface area contributed by atoms with Gasteiger partial charge in [-0.1, -0.05) is 31.9 Å². The summed E-state index contributed by atoms with van der Waals surface area (Å²) < 4.78 is 18.1. The zero-order valence-electron chi connectivity index (χ0n) is 8.00. The van der Waals surface area contributed by atoms with Crippen molar-refractivity contribution in [2.75, 3.05) is 10.7 Å². The van der Waals surface area contributed by atoms with E-state index in [0.717, 1.165) is 6.07 Å². The van der Waals surface area contributed by atoms with E-state index in [1.807, 2.05) is 0 Å². The lowest BCUT2D eigenvalue weighted by atomic mass is 10.1. The van der Waals surface area contributed by atoms with E-state index < -0.39 is 11.8 Å². The quantitative estimate of drug-likeness (QED) is 0.362. The Labute approximate surface area is 108 Å². The highest BCUT2D eigenvalue weighted by Crippen LogP contribution is 2.19. The standard InChI is InChI=1S/C10H7Br2FO3/c11-4-8(14)6-1-2-9(7(13)3-6)16-10(15)5-12/h1-3H,4-5H2. The van der Waals surface area contributed by atoms with Crippen LogP contribution < -0.4 is 4.74 Å². The van der Waals surface area contributed by atoms with Gasteiger partial charge in [0.15, 0.2) is 17.3 Å². The van der Waals surface area contributed by atoms with Crippen LogP contribution in [0.2, 0.25) is 0 Å². The highest BCUT2D eigenvalue weighted by molar-refractivity contribution is 9.09. The van der Waals surface area contributed by atoms with Crippen molar-refractivity contribution < 1.29 is 18.7 Å². The van der Waals surface area contributed by atoms with Crippen LogP contribution in [0.15, 0.2) is 18.2 Å². The molecule has 0 spiro atoms. The first-order valence-corrected chi connectivity index (χ1v) is 6.48. The molecule has 0 radical (unpaired) electrons. The number of hydrogen-bond acceptors (Lipinski definition) is 3. The van der Waals surface area contributed by atoms with E-state index in [1.54, 1.807) is 0 Å². The molecule has 3 nitrogen and oxygen atoms in total. The van der Waals surface area contributed by atoms with E-state index in [2.05, 4.69) is 36.6 Å². The lowest BCUT2D eigenvalue weighted by Crippen LogP contribution is -2.10. The second kappa shape index (κ2) is 6.10. The van der Waals surface area contributed by atoms with Gasteiger partial charge in [-0.2, -0.15) is 0 Å². The monoisotopic (exact) mass is 352 g/mol. The number of esters is 1. The minimum Gasteiger partial charge on any atom is -0.423 e. The summed E-state index contributed by atoms with van der Waals surface area (Å²) in [5.74, 6) is -1.76. The third-order valence-electron chi connectivity index (χ3n) is 1.71. The van der Waals surface area contributed by atoms with Crippen LogP contribution >= 0.6 is 31.9 Å². The number of carbonyl (C=O) groups excluding carboxylic acids is 2. The minimum atomic E-state index is -0.735. The normalized spacial score (nSPS) is 9.94. The lowest BCUT2D eigenvalue weighted by molar-refractivity contribution is -0.131. The zero-order valence-corrected chi connectivity index (χ0v) is 11.2. The third-order valence-corrected chi connectivity index (χ3v) is 2.68. The largest absolute Gasteiger partial charge is 0.423 e. The van der Waals surface area contributed by atoms with Gasteiger partial charge in [0, 0.05) is 5.56 Å². The van der Waals surface area contributed by atoms with Gasteiger partial charge in [-0.3, -0.25) is 9.59 Å². The summed E-state index contributed by atoms with van der Waals surface area (Å²) in [6, 6.07) is 3.70. The fraction of sp³-hybridized carbons (Fsp3) is 0.200. The number of alkyl halides is 2. The third kappa shape index (κ3) is 3.38. The highest BCUT2D eigenvalue weighted by Gasteiger charge is 2.11. The Morgan fingerprint density at radius 1 is 1.25 bits per heavy atom. The molecule has 1 rings (SSSR count). The molecule has 86 valence electrons. The molecule has 0 bridgehead atoms. The summed E-state index contributed by atoms with van der Waals surface area (Å²) in [6.07, 6.45) is 0. The molecule has 0 N–H and O–H groups in total. The highest BCUT2D eigenvalue weighted by atomic mass is 79.9. The number of carbonyl (C=O) groups is 2. The van der Waals surface area contributed by atoms with Crippen molar-refractivity contribution in [3.63, 3.8) is 0 Å². The summed E-state index contributed by atoms with van der Waals surface area (Å²) in [5.41, 5.74) is 0.230. The SMILES string of the molecule is O=C(CBr)Oc1ccc(C(=O)CBr)cc1F. The lowest BCUT2D eigenvalue weighted by Gasteiger charge is -2.04. The van der Waals surface area contributed by atoms with Gasteiger partial charge in [-0.25, -0.2) is 4.39 Å². The van der Waals surface area contributed by atoms with Crippen LogP contribution in [0, 0.1) is 5.82 Å². The maximum atomic E-state index is 13.4.